The molecule has 4 aromatic rings. The summed E-state index contributed by atoms with van der Waals surface area (Å²) < 4.78 is 18.7. The lowest BCUT2D eigenvalue weighted by Crippen LogP contribution is -2.27. The topological polar surface area (TPSA) is 140 Å². The average Bonchev–Trinajstić information content (AvgIpc) is 3.32. The molecule has 29 heavy (non-hydrogen) atoms. The predicted molar refractivity (Wildman–Crippen MR) is 103 cm³/mol. The Labute approximate surface area is 167 Å². The van der Waals surface area contributed by atoms with Gasteiger partial charge < -0.3 is 14.7 Å². The van der Waals surface area contributed by atoms with Crippen molar-refractivity contribution in [3.8, 4) is 0 Å². The van der Waals surface area contributed by atoms with Crippen molar-refractivity contribution in [3.63, 3.8) is 0 Å². The Morgan fingerprint density at radius 2 is 2.21 bits per heavy atom. The lowest BCUT2D eigenvalue weighted by molar-refractivity contribution is 0.312. The molecule has 0 aliphatic heterocycles. The van der Waals surface area contributed by atoms with E-state index in [2.05, 4.69) is 30.5 Å². The Bertz CT molecular complexity index is 1210. The van der Waals surface area contributed by atoms with E-state index in [1.807, 2.05) is 0 Å². The van der Waals surface area contributed by atoms with Gasteiger partial charge >= 0.3 is 0 Å². The Hall–Kier alpha value is -3.57. The number of amidine groups is 1. The minimum absolute atomic E-state index is 0.135. The molecule has 0 bridgehead atoms. The zero-order valence-electron chi connectivity index (χ0n) is 14.9. The normalized spacial score (nSPS) is 11.0. The third kappa shape index (κ3) is 3.73. The maximum absolute atomic E-state index is 13.4. The Morgan fingerprint density at radius 3 is 2.93 bits per heavy atom. The molecule has 3 heterocycles. The molecule has 0 saturated carbocycles. The monoisotopic (exact) mass is 416 g/mol. The quantitative estimate of drug-likeness (QED) is 0.221. The minimum Gasteiger partial charge on any atom is -0.424 e. The van der Waals surface area contributed by atoms with Gasteiger partial charge in [0.2, 0.25) is 17.7 Å². The summed E-state index contributed by atoms with van der Waals surface area (Å²) in [6.07, 6.45) is 1.46. The molecule has 0 amide bonds. The third-order valence-corrected chi connectivity index (χ3v) is 4.27. The van der Waals surface area contributed by atoms with Crippen LogP contribution in [-0.4, -0.2) is 36.2 Å². The molecule has 0 unspecified atom stereocenters. The van der Waals surface area contributed by atoms with Crippen LogP contribution < -0.4 is 10.4 Å². The molecule has 0 aliphatic carbocycles. The van der Waals surface area contributed by atoms with Gasteiger partial charge in [-0.25, -0.2) is 14.4 Å². The molecule has 0 aliphatic rings. The molecule has 0 spiro atoms. The van der Waals surface area contributed by atoms with Crippen LogP contribution in [0.4, 0.5) is 16.0 Å². The molecule has 4 rings (SSSR count). The number of imidazole rings is 1. The smallest absolute Gasteiger partial charge is 0.235 e. The lowest BCUT2D eigenvalue weighted by Gasteiger charge is -2.18. The number of anilines is 2. The summed E-state index contributed by atoms with van der Waals surface area (Å²) in [5.74, 6) is 0.314. The molecule has 148 valence electrons. The van der Waals surface area contributed by atoms with E-state index in [-0.39, 0.29) is 23.1 Å². The molecule has 1 aromatic carbocycles. The highest BCUT2D eigenvalue weighted by Crippen LogP contribution is 2.25. The number of halogens is 2. The van der Waals surface area contributed by atoms with Crippen molar-refractivity contribution in [1.82, 2.24) is 25.1 Å². The number of hydroxylamine groups is 1. The maximum atomic E-state index is 13.4. The van der Waals surface area contributed by atoms with Crippen LogP contribution in [0.2, 0.25) is 5.02 Å². The Kier molecular flexibility index (Phi) is 4.82. The highest BCUT2D eigenvalue weighted by Gasteiger charge is 2.18. The first-order valence-corrected chi connectivity index (χ1v) is 8.70. The van der Waals surface area contributed by atoms with Crippen molar-refractivity contribution in [1.29, 1.82) is 5.41 Å². The van der Waals surface area contributed by atoms with E-state index in [4.69, 9.17) is 21.4 Å². The van der Waals surface area contributed by atoms with Crippen molar-refractivity contribution >= 4 is 40.2 Å². The van der Waals surface area contributed by atoms with E-state index < -0.39 is 5.82 Å². The van der Waals surface area contributed by atoms with Gasteiger partial charge in [-0.3, -0.25) is 10.6 Å². The number of aromatic nitrogens is 5. The van der Waals surface area contributed by atoms with Crippen LogP contribution in [0.25, 0.3) is 11.2 Å². The molecule has 0 saturated heterocycles. The number of nitrogens with zero attached hydrogens (tertiary/aromatic N) is 5. The van der Waals surface area contributed by atoms with Crippen molar-refractivity contribution in [2.24, 2.45) is 0 Å². The van der Waals surface area contributed by atoms with Crippen molar-refractivity contribution in [3.05, 3.63) is 58.6 Å². The van der Waals surface area contributed by atoms with Crippen LogP contribution in [0.15, 0.2) is 34.9 Å². The van der Waals surface area contributed by atoms with Gasteiger partial charge in [-0.1, -0.05) is 11.6 Å². The number of aromatic amines is 1. The summed E-state index contributed by atoms with van der Waals surface area (Å²) in [7, 11) is 0. The van der Waals surface area contributed by atoms with Gasteiger partial charge in [0, 0.05) is 18.7 Å². The van der Waals surface area contributed by atoms with Crippen LogP contribution in [0.3, 0.4) is 0 Å². The number of fused-ring (bicyclic) bond motifs is 1. The second kappa shape index (κ2) is 7.45. The molecule has 3 aromatic heterocycles. The van der Waals surface area contributed by atoms with Crippen molar-refractivity contribution in [2.75, 3.05) is 10.4 Å². The minimum atomic E-state index is -0.623. The number of hydrogen-bond acceptors (Lipinski definition) is 8. The fourth-order valence-electron chi connectivity index (χ4n) is 2.62. The zero-order chi connectivity index (χ0) is 20.5. The number of aryl methyl sites for hydroxylation is 1. The molecule has 10 nitrogen and oxygen atoms in total. The van der Waals surface area contributed by atoms with Gasteiger partial charge in [0.05, 0.1) is 22.8 Å². The number of benzene rings is 1. The summed E-state index contributed by atoms with van der Waals surface area (Å²) in [5, 5.41) is 29.8. The second-order valence-corrected chi connectivity index (χ2v) is 6.38. The van der Waals surface area contributed by atoms with Gasteiger partial charge in [0.15, 0.2) is 11.5 Å². The first kappa shape index (κ1) is 18.8. The zero-order valence-corrected chi connectivity index (χ0v) is 15.7. The second-order valence-electron chi connectivity index (χ2n) is 5.97. The van der Waals surface area contributed by atoms with Crippen LogP contribution >= 0.6 is 11.6 Å². The van der Waals surface area contributed by atoms with E-state index in [9.17, 15) is 9.60 Å². The SMILES string of the molecule is Cc1nnc(CNc2nc3nccc(C(=N)N(O)c4ccc(F)c(Cl)c4)c3[nH]2)o1. The van der Waals surface area contributed by atoms with E-state index in [1.165, 1.54) is 18.3 Å². The highest BCUT2D eigenvalue weighted by molar-refractivity contribution is 6.31. The fraction of sp³-hybridized carbons (Fsp3) is 0.118. The van der Waals surface area contributed by atoms with E-state index >= 15 is 0 Å². The Morgan fingerprint density at radius 1 is 1.38 bits per heavy atom. The standard InChI is InChI=1S/C17H14ClFN8O2/c1-8-25-26-13(29-8)7-22-17-23-14-10(4-5-21-16(14)24-17)15(20)27(28)9-2-3-12(19)11(18)6-9/h2-6,20,28H,7H2,1H3,(H2,21,22,23,24). The number of nitrogens with one attached hydrogen (secondary N) is 3. The van der Waals surface area contributed by atoms with Gasteiger partial charge in [-0.15, -0.1) is 10.2 Å². The predicted octanol–water partition coefficient (Wildman–Crippen LogP) is 3.28. The van der Waals surface area contributed by atoms with Crippen LogP contribution in [0.1, 0.15) is 17.3 Å². The third-order valence-electron chi connectivity index (χ3n) is 3.98. The number of rotatable bonds is 5. The Balaban J connectivity index is 1.60. The van der Waals surface area contributed by atoms with Gasteiger partial charge in [-0.2, -0.15) is 4.98 Å². The van der Waals surface area contributed by atoms with Gasteiger partial charge in [0.25, 0.3) is 0 Å². The van der Waals surface area contributed by atoms with Crippen molar-refractivity contribution < 1.29 is 14.0 Å². The number of pyridine rings is 1. The summed E-state index contributed by atoms with van der Waals surface area (Å²) >= 11 is 5.76. The first-order valence-electron chi connectivity index (χ1n) is 8.33. The van der Waals surface area contributed by atoms with Gasteiger partial charge in [-0.05, 0) is 24.3 Å². The van der Waals surface area contributed by atoms with E-state index in [0.717, 1.165) is 6.07 Å². The molecule has 4 N–H and O–H groups in total. The summed E-state index contributed by atoms with van der Waals surface area (Å²) in [6, 6.07) is 5.17. The highest BCUT2D eigenvalue weighted by atomic mass is 35.5. The van der Waals surface area contributed by atoms with Crippen molar-refractivity contribution in [2.45, 2.75) is 13.5 Å². The number of H-pyrrole nitrogens is 1. The maximum Gasteiger partial charge on any atom is 0.235 e. The van der Waals surface area contributed by atoms with E-state index in [1.54, 1.807) is 13.0 Å². The largest absolute Gasteiger partial charge is 0.424 e. The fourth-order valence-corrected chi connectivity index (χ4v) is 2.80. The average molecular weight is 417 g/mol. The summed E-state index contributed by atoms with van der Waals surface area (Å²) in [5.41, 5.74) is 1.22. The number of hydrogen-bond donors (Lipinski definition) is 4. The molecule has 12 heteroatoms. The molecule has 0 radical (unpaired) electrons. The lowest BCUT2D eigenvalue weighted by atomic mass is 10.2. The van der Waals surface area contributed by atoms with Crippen LogP contribution in [0.5, 0.6) is 0 Å². The van der Waals surface area contributed by atoms with E-state index in [0.29, 0.717) is 39.5 Å². The van der Waals surface area contributed by atoms with Crippen LogP contribution in [-0.2, 0) is 6.54 Å². The summed E-state index contributed by atoms with van der Waals surface area (Å²) in [6.45, 7) is 1.93. The van der Waals surface area contributed by atoms with Gasteiger partial charge in [0.1, 0.15) is 5.82 Å². The molecule has 0 atom stereocenters. The summed E-state index contributed by atoms with van der Waals surface area (Å²) in [4.78, 5) is 11.5. The van der Waals surface area contributed by atoms with Crippen LogP contribution in [0, 0.1) is 18.2 Å². The molecular formula is C17H14ClFN8O2. The molecular weight excluding hydrogens is 403 g/mol. The first-order chi connectivity index (χ1) is 13.9. The molecule has 0 fully saturated rings.